The highest BCUT2D eigenvalue weighted by molar-refractivity contribution is 5.98. The van der Waals surface area contributed by atoms with Crippen LogP contribution in [0.25, 0.3) is 0 Å². The number of nitrogens with zero attached hydrogens (tertiary/aromatic N) is 2. The van der Waals surface area contributed by atoms with Gasteiger partial charge >= 0.3 is 6.03 Å². The van der Waals surface area contributed by atoms with Gasteiger partial charge in [0.1, 0.15) is 11.8 Å². The van der Waals surface area contributed by atoms with Crippen LogP contribution in [0.1, 0.15) is 49.0 Å². The van der Waals surface area contributed by atoms with Crippen LogP contribution in [-0.2, 0) is 5.41 Å². The third-order valence-corrected chi connectivity index (χ3v) is 9.05. The van der Waals surface area contributed by atoms with Gasteiger partial charge < -0.3 is 51.3 Å². The van der Waals surface area contributed by atoms with Gasteiger partial charge in [-0.15, -0.1) is 0 Å². The molecule has 1 aromatic rings. The molecule has 4 aliphatic heterocycles. The molecule has 14 nitrogen and oxygen atoms in total. The van der Waals surface area contributed by atoms with E-state index >= 15 is 0 Å². The molecular formula is C26H37N9O5. The van der Waals surface area contributed by atoms with Gasteiger partial charge in [0.2, 0.25) is 5.79 Å². The molecule has 0 bridgehead atoms. The second kappa shape index (κ2) is 8.86. The Morgan fingerprint density at radius 1 is 1.23 bits per heavy atom. The van der Waals surface area contributed by atoms with Crippen molar-refractivity contribution in [2.75, 3.05) is 26.7 Å². The Kier molecular flexibility index (Phi) is 5.86. The van der Waals surface area contributed by atoms with Crippen LogP contribution >= 0.6 is 0 Å². The van der Waals surface area contributed by atoms with Gasteiger partial charge in [-0.25, -0.2) is 4.79 Å². The monoisotopic (exact) mass is 555 g/mol. The standard InChI is InChI=1S/C26H37N9O5/c1-24(2)9-10-40-18-14(5-4-6-15(18)24)20(36)31-17-12-35-22(28)30-16(11-29-23(37)34(3)13-7-8-13)19-25(35,26(17,38)39)33-21(27)32-19/h4-6,13,16-17,19,38-39H,7-12H2,1-3H3,(H2,28,30)(H,29,37)(H,31,36)(H3,27,32,33)/t16-,17?,19?,25?/m0/s1. The zero-order valence-corrected chi connectivity index (χ0v) is 22.8. The quantitative estimate of drug-likeness (QED) is 0.199. The molecule has 1 aromatic carbocycles. The Labute approximate surface area is 231 Å². The van der Waals surface area contributed by atoms with Gasteiger partial charge in [-0.1, -0.05) is 26.0 Å². The number of hydrogen-bond donors (Lipinski definition) is 9. The molecule has 4 fully saturated rings. The summed E-state index contributed by atoms with van der Waals surface area (Å²) in [5, 5.41) is 54.8. The van der Waals surface area contributed by atoms with Gasteiger partial charge in [0.05, 0.1) is 24.3 Å². The van der Waals surface area contributed by atoms with Crippen LogP contribution in [-0.4, -0.2) is 106 Å². The van der Waals surface area contributed by atoms with Crippen molar-refractivity contribution >= 4 is 23.9 Å². The summed E-state index contributed by atoms with van der Waals surface area (Å²) in [6.45, 7) is 4.59. The van der Waals surface area contributed by atoms with Crippen LogP contribution in [0.2, 0.25) is 0 Å². The van der Waals surface area contributed by atoms with E-state index in [1.807, 2.05) is 6.07 Å². The minimum absolute atomic E-state index is 0.0663. The maximum absolute atomic E-state index is 13.5. The zero-order valence-electron chi connectivity index (χ0n) is 22.8. The lowest BCUT2D eigenvalue weighted by Crippen LogP contribution is -2.81. The largest absolute Gasteiger partial charge is 0.492 e. The van der Waals surface area contributed by atoms with Crippen molar-refractivity contribution in [1.82, 2.24) is 36.4 Å². The lowest BCUT2D eigenvalue weighted by molar-refractivity contribution is -0.232. The van der Waals surface area contributed by atoms with Gasteiger partial charge in [0.15, 0.2) is 17.6 Å². The molecule has 4 heterocycles. The van der Waals surface area contributed by atoms with E-state index < -0.39 is 35.5 Å². The molecule has 1 spiro atoms. The zero-order chi connectivity index (χ0) is 28.6. The number of para-hydroxylation sites is 1. The predicted molar refractivity (Wildman–Crippen MR) is 144 cm³/mol. The molecular weight excluding hydrogens is 518 g/mol. The van der Waals surface area contributed by atoms with Crippen molar-refractivity contribution < 1.29 is 24.5 Å². The number of ether oxygens (including phenoxy) is 1. The molecule has 1 saturated carbocycles. The van der Waals surface area contributed by atoms with E-state index in [0.29, 0.717) is 17.9 Å². The summed E-state index contributed by atoms with van der Waals surface area (Å²) in [5.74, 6) is -2.95. The second-order valence-corrected chi connectivity index (χ2v) is 12.0. The molecule has 4 atom stereocenters. The summed E-state index contributed by atoms with van der Waals surface area (Å²) in [4.78, 5) is 29.2. The molecule has 14 heteroatoms. The third kappa shape index (κ3) is 3.84. The highest BCUT2D eigenvalue weighted by atomic mass is 16.5. The molecule has 3 amide bonds. The Morgan fingerprint density at radius 2 is 1.98 bits per heavy atom. The van der Waals surface area contributed by atoms with Crippen molar-refractivity contribution in [1.29, 1.82) is 10.8 Å². The number of rotatable bonds is 5. The van der Waals surface area contributed by atoms with Crippen LogP contribution in [0, 0.1) is 10.8 Å². The van der Waals surface area contributed by atoms with Gasteiger partial charge in [-0.3, -0.25) is 15.6 Å². The minimum atomic E-state index is -2.61. The fourth-order valence-corrected chi connectivity index (χ4v) is 6.48. The summed E-state index contributed by atoms with van der Waals surface area (Å²) in [6.07, 6.45) is 2.72. The number of amides is 3. The van der Waals surface area contributed by atoms with Gasteiger partial charge in [0.25, 0.3) is 5.91 Å². The smallest absolute Gasteiger partial charge is 0.317 e. The van der Waals surface area contributed by atoms with E-state index in [0.717, 1.165) is 24.8 Å². The SMILES string of the molecule is CN(C(=O)NC[C@@H]1NC(=N)N2CC(NC(=O)c3cccc4c3OCCC4(C)C)C(O)(O)C23NC(=N)NC13)C1CC1. The van der Waals surface area contributed by atoms with Gasteiger partial charge in [0, 0.05) is 31.7 Å². The number of benzene rings is 1. The lowest BCUT2D eigenvalue weighted by Gasteiger charge is -2.51. The number of guanidine groups is 2. The number of urea groups is 1. The maximum atomic E-state index is 13.5. The van der Waals surface area contributed by atoms with Crippen molar-refractivity contribution in [2.45, 2.75) is 74.1 Å². The number of carbonyl (C=O) groups is 2. The molecule has 5 aliphatic rings. The van der Waals surface area contributed by atoms with E-state index in [1.165, 1.54) is 4.90 Å². The van der Waals surface area contributed by atoms with E-state index in [9.17, 15) is 19.8 Å². The van der Waals surface area contributed by atoms with Crippen molar-refractivity contribution in [3.63, 3.8) is 0 Å². The molecule has 1 aliphatic carbocycles. The normalized spacial score (nSPS) is 30.9. The summed E-state index contributed by atoms with van der Waals surface area (Å²) >= 11 is 0. The van der Waals surface area contributed by atoms with E-state index in [4.69, 9.17) is 15.6 Å². The van der Waals surface area contributed by atoms with Crippen LogP contribution in [0.3, 0.4) is 0 Å². The van der Waals surface area contributed by atoms with Crippen LogP contribution < -0.4 is 31.3 Å². The average Bonchev–Trinajstić information content (AvgIpc) is 3.64. The highest BCUT2D eigenvalue weighted by Gasteiger charge is 2.74. The first kappa shape index (κ1) is 26.4. The fourth-order valence-electron chi connectivity index (χ4n) is 6.48. The molecule has 6 rings (SSSR count). The Balaban J connectivity index is 1.25. The minimum Gasteiger partial charge on any atom is -0.492 e. The first-order chi connectivity index (χ1) is 18.9. The molecule has 0 aromatic heterocycles. The fraction of sp³-hybridized carbons (Fsp3) is 0.615. The van der Waals surface area contributed by atoms with Crippen LogP contribution in [0.5, 0.6) is 5.75 Å². The van der Waals surface area contributed by atoms with Crippen molar-refractivity contribution in [3.8, 4) is 5.75 Å². The number of carbonyl (C=O) groups excluding carboxylic acids is 2. The van der Waals surface area contributed by atoms with E-state index in [2.05, 4.69) is 40.4 Å². The average molecular weight is 556 g/mol. The lowest BCUT2D eigenvalue weighted by atomic mass is 9.79. The van der Waals surface area contributed by atoms with E-state index in [1.54, 1.807) is 24.1 Å². The first-order valence-electron chi connectivity index (χ1n) is 13.7. The highest BCUT2D eigenvalue weighted by Crippen LogP contribution is 2.44. The Bertz CT molecular complexity index is 1280. The number of nitrogens with one attached hydrogen (secondary N) is 7. The topological polar surface area (TPSA) is 198 Å². The summed E-state index contributed by atoms with van der Waals surface area (Å²) < 4.78 is 5.89. The molecule has 40 heavy (non-hydrogen) atoms. The first-order valence-corrected chi connectivity index (χ1v) is 13.7. The molecule has 3 unspecified atom stereocenters. The maximum Gasteiger partial charge on any atom is 0.317 e. The van der Waals surface area contributed by atoms with Crippen molar-refractivity contribution in [2.24, 2.45) is 0 Å². The molecule has 3 saturated heterocycles. The van der Waals surface area contributed by atoms with Crippen molar-refractivity contribution in [3.05, 3.63) is 29.3 Å². The third-order valence-electron chi connectivity index (χ3n) is 9.05. The number of fused-ring (bicyclic) bond motifs is 1. The predicted octanol–water partition coefficient (Wildman–Crippen LogP) is -1.26. The van der Waals surface area contributed by atoms with Gasteiger partial charge in [-0.05, 0) is 30.7 Å². The summed E-state index contributed by atoms with van der Waals surface area (Å²) in [7, 11) is 1.73. The summed E-state index contributed by atoms with van der Waals surface area (Å²) in [5.41, 5.74) is -0.734. The molecule has 216 valence electrons. The Hall–Kier alpha value is -3.78. The Morgan fingerprint density at radius 3 is 2.70 bits per heavy atom. The van der Waals surface area contributed by atoms with Crippen LogP contribution in [0.15, 0.2) is 18.2 Å². The van der Waals surface area contributed by atoms with E-state index in [-0.39, 0.29) is 42.5 Å². The number of hydrogen-bond acceptors (Lipinski definition) is 7. The second-order valence-electron chi connectivity index (χ2n) is 12.0. The number of aliphatic hydroxyl groups is 2. The molecule has 0 radical (unpaired) electrons. The summed E-state index contributed by atoms with van der Waals surface area (Å²) in [6, 6.07) is 2.57. The molecule has 9 N–H and O–H groups in total. The van der Waals surface area contributed by atoms with Crippen LogP contribution in [0.4, 0.5) is 4.79 Å². The van der Waals surface area contributed by atoms with Gasteiger partial charge in [-0.2, -0.15) is 0 Å².